The molecule has 0 N–H and O–H groups in total. The van der Waals surface area contributed by atoms with Crippen molar-refractivity contribution in [1.82, 2.24) is 4.90 Å². The fourth-order valence-electron chi connectivity index (χ4n) is 2.06. The van der Waals surface area contributed by atoms with Crippen molar-refractivity contribution < 1.29 is 0 Å². The van der Waals surface area contributed by atoms with Gasteiger partial charge in [-0.05, 0) is 37.3 Å². The summed E-state index contributed by atoms with van der Waals surface area (Å²) >= 11 is 0. The van der Waals surface area contributed by atoms with Gasteiger partial charge in [0, 0.05) is 13.1 Å². The Kier molecular flexibility index (Phi) is 3.79. The molecule has 0 radical (unpaired) electrons. The van der Waals surface area contributed by atoms with E-state index in [-0.39, 0.29) is 0 Å². The fraction of sp³-hybridized carbons (Fsp3) is 0.571. The third-order valence-electron chi connectivity index (χ3n) is 3.00. The van der Waals surface area contributed by atoms with Crippen molar-refractivity contribution in [1.29, 1.82) is 0 Å². The van der Waals surface area contributed by atoms with Crippen LogP contribution in [0.1, 0.15) is 31.7 Å². The molecule has 0 saturated heterocycles. The van der Waals surface area contributed by atoms with Crippen LogP contribution in [0.15, 0.2) is 30.3 Å². The topological polar surface area (TPSA) is 3.24 Å². The summed E-state index contributed by atoms with van der Waals surface area (Å²) in [6.45, 7) is 5.95. The van der Waals surface area contributed by atoms with Gasteiger partial charge in [-0.2, -0.15) is 0 Å². The van der Waals surface area contributed by atoms with Gasteiger partial charge in [0.1, 0.15) is 0 Å². The summed E-state index contributed by atoms with van der Waals surface area (Å²) in [7, 11) is 0. The summed E-state index contributed by atoms with van der Waals surface area (Å²) < 4.78 is 0. The van der Waals surface area contributed by atoms with Crippen molar-refractivity contribution >= 4 is 0 Å². The highest BCUT2D eigenvalue weighted by molar-refractivity contribution is 5.14. The van der Waals surface area contributed by atoms with E-state index in [0.717, 1.165) is 12.5 Å². The van der Waals surface area contributed by atoms with Gasteiger partial charge in [-0.1, -0.05) is 37.3 Å². The minimum Gasteiger partial charge on any atom is -0.299 e. The molecule has 0 bridgehead atoms. The second kappa shape index (κ2) is 5.32. The highest BCUT2D eigenvalue weighted by Crippen LogP contribution is 2.30. The maximum absolute atomic E-state index is 2.60. The predicted molar refractivity (Wildman–Crippen MR) is 64.7 cm³/mol. The first-order valence-electron chi connectivity index (χ1n) is 6.14. The molecule has 0 amide bonds. The first-order valence-corrected chi connectivity index (χ1v) is 6.14. The predicted octanol–water partition coefficient (Wildman–Crippen LogP) is 3.31. The summed E-state index contributed by atoms with van der Waals surface area (Å²) in [6.07, 6.45) is 4.17. The van der Waals surface area contributed by atoms with Gasteiger partial charge in [0.25, 0.3) is 0 Å². The zero-order valence-electron chi connectivity index (χ0n) is 9.65. The Morgan fingerprint density at radius 2 is 1.93 bits per heavy atom. The molecule has 1 aliphatic rings. The van der Waals surface area contributed by atoms with E-state index >= 15 is 0 Å². The minimum absolute atomic E-state index is 1.00. The third kappa shape index (κ3) is 3.67. The molecule has 0 aliphatic heterocycles. The molecule has 0 aromatic heterocycles. The smallest absolute Gasteiger partial charge is 0.0233 e. The van der Waals surface area contributed by atoms with Gasteiger partial charge in [0.05, 0.1) is 0 Å². The van der Waals surface area contributed by atoms with Crippen molar-refractivity contribution in [2.24, 2.45) is 5.92 Å². The van der Waals surface area contributed by atoms with Gasteiger partial charge in [0.2, 0.25) is 0 Å². The van der Waals surface area contributed by atoms with E-state index in [2.05, 4.69) is 42.2 Å². The molecule has 15 heavy (non-hydrogen) atoms. The van der Waals surface area contributed by atoms with Crippen LogP contribution in [0.3, 0.4) is 0 Å². The summed E-state index contributed by atoms with van der Waals surface area (Å²) in [5, 5.41) is 0. The summed E-state index contributed by atoms with van der Waals surface area (Å²) in [6, 6.07) is 10.8. The van der Waals surface area contributed by atoms with Gasteiger partial charge in [0.15, 0.2) is 0 Å². The molecule has 1 aliphatic carbocycles. The molecule has 1 aromatic rings. The van der Waals surface area contributed by atoms with Crippen LogP contribution >= 0.6 is 0 Å². The largest absolute Gasteiger partial charge is 0.299 e. The zero-order chi connectivity index (χ0) is 10.5. The maximum atomic E-state index is 2.60. The Labute approximate surface area is 93.1 Å². The molecule has 1 nitrogen and oxygen atoms in total. The molecule has 2 rings (SSSR count). The monoisotopic (exact) mass is 203 g/mol. The fourth-order valence-corrected chi connectivity index (χ4v) is 2.06. The molecule has 0 spiro atoms. The first kappa shape index (κ1) is 10.7. The highest BCUT2D eigenvalue weighted by Gasteiger charge is 2.23. The maximum Gasteiger partial charge on any atom is 0.0233 e. The van der Waals surface area contributed by atoms with Crippen molar-refractivity contribution in [2.75, 3.05) is 13.1 Å². The third-order valence-corrected chi connectivity index (χ3v) is 3.00. The lowest BCUT2D eigenvalue weighted by Crippen LogP contribution is -2.26. The van der Waals surface area contributed by atoms with Gasteiger partial charge < -0.3 is 0 Å². The van der Waals surface area contributed by atoms with Crippen molar-refractivity contribution in [3.05, 3.63) is 35.9 Å². The van der Waals surface area contributed by atoms with E-state index in [0.29, 0.717) is 0 Å². The highest BCUT2D eigenvalue weighted by atomic mass is 15.1. The second-order valence-electron chi connectivity index (χ2n) is 4.66. The number of hydrogen-bond acceptors (Lipinski definition) is 1. The van der Waals surface area contributed by atoms with Crippen molar-refractivity contribution in [3.63, 3.8) is 0 Å². The van der Waals surface area contributed by atoms with E-state index in [1.54, 1.807) is 0 Å². The summed E-state index contributed by atoms with van der Waals surface area (Å²) in [5.74, 6) is 1.00. The molecular formula is C14H21N. The van der Waals surface area contributed by atoms with Crippen LogP contribution in [0.5, 0.6) is 0 Å². The molecule has 82 valence electrons. The van der Waals surface area contributed by atoms with Crippen LogP contribution in [-0.4, -0.2) is 18.0 Å². The second-order valence-corrected chi connectivity index (χ2v) is 4.66. The Balaban J connectivity index is 1.87. The average molecular weight is 203 g/mol. The Morgan fingerprint density at radius 1 is 1.20 bits per heavy atom. The standard InChI is InChI=1S/C14H21N/c1-2-10-15(12-14-8-9-14)11-13-6-4-3-5-7-13/h3-7,14H,2,8-12H2,1H3. The average Bonchev–Trinajstić information content (AvgIpc) is 3.03. The molecule has 1 aromatic carbocycles. The lowest BCUT2D eigenvalue weighted by molar-refractivity contribution is 0.255. The van der Waals surface area contributed by atoms with E-state index in [1.807, 2.05) is 0 Å². The lowest BCUT2D eigenvalue weighted by Gasteiger charge is -2.21. The molecule has 1 heteroatoms. The van der Waals surface area contributed by atoms with Crippen LogP contribution < -0.4 is 0 Å². The molecule has 0 atom stereocenters. The molecule has 0 heterocycles. The first-order chi connectivity index (χ1) is 7.38. The van der Waals surface area contributed by atoms with Crippen LogP contribution in [-0.2, 0) is 6.54 Å². The van der Waals surface area contributed by atoms with E-state index < -0.39 is 0 Å². The number of nitrogens with zero attached hydrogens (tertiary/aromatic N) is 1. The zero-order valence-corrected chi connectivity index (χ0v) is 9.65. The number of benzene rings is 1. The molecular weight excluding hydrogens is 182 g/mol. The van der Waals surface area contributed by atoms with Crippen LogP contribution in [0.2, 0.25) is 0 Å². The van der Waals surface area contributed by atoms with Crippen molar-refractivity contribution in [3.8, 4) is 0 Å². The van der Waals surface area contributed by atoms with Gasteiger partial charge >= 0.3 is 0 Å². The Morgan fingerprint density at radius 3 is 2.53 bits per heavy atom. The van der Waals surface area contributed by atoms with Gasteiger partial charge in [-0.3, -0.25) is 4.90 Å². The van der Waals surface area contributed by atoms with Crippen LogP contribution in [0, 0.1) is 5.92 Å². The Hall–Kier alpha value is -0.820. The number of hydrogen-bond donors (Lipinski definition) is 0. The normalized spacial score (nSPS) is 15.9. The molecule has 1 fully saturated rings. The van der Waals surface area contributed by atoms with E-state index in [9.17, 15) is 0 Å². The quantitative estimate of drug-likeness (QED) is 0.685. The van der Waals surface area contributed by atoms with Crippen LogP contribution in [0.25, 0.3) is 0 Å². The van der Waals surface area contributed by atoms with Crippen molar-refractivity contribution in [2.45, 2.75) is 32.7 Å². The van der Waals surface area contributed by atoms with E-state index in [4.69, 9.17) is 0 Å². The molecule has 0 unspecified atom stereocenters. The molecule has 1 saturated carbocycles. The SMILES string of the molecule is CCCN(Cc1ccccc1)CC1CC1. The minimum atomic E-state index is 1.00. The Bertz CT molecular complexity index is 277. The number of rotatable bonds is 6. The van der Waals surface area contributed by atoms with Crippen LogP contribution in [0.4, 0.5) is 0 Å². The summed E-state index contributed by atoms with van der Waals surface area (Å²) in [4.78, 5) is 2.60. The van der Waals surface area contributed by atoms with Gasteiger partial charge in [-0.25, -0.2) is 0 Å². The lowest BCUT2D eigenvalue weighted by atomic mass is 10.2. The van der Waals surface area contributed by atoms with Gasteiger partial charge in [-0.15, -0.1) is 0 Å². The van der Waals surface area contributed by atoms with E-state index in [1.165, 1.54) is 37.9 Å². The summed E-state index contributed by atoms with van der Waals surface area (Å²) in [5.41, 5.74) is 1.45.